The molecule has 1 fully saturated rings. The van der Waals surface area contributed by atoms with Gasteiger partial charge in [-0.25, -0.2) is 14.6 Å². The second kappa shape index (κ2) is 13.4. The molecular weight excluding hydrogens is 600 g/mol. The van der Waals surface area contributed by atoms with Gasteiger partial charge < -0.3 is 25.0 Å². The lowest BCUT2D eigenvalue weighted by molar-refractivity contribution is -0.153. The quantitative estimate of drug-likeness (QED) is 0.172. The van der Waals surface area contributed by atoms with Crippen LogP contribution in [0.4, 0.5) is 9.93 Å². The smallest absolute Gasteiger partial charge is 0.413 e. The molecule has 43 heavy (non-hydrogen) atoms. The number of nitrogens with one attached hydrogen (secondary N) is 2. The highest BCUT2D eigenvalue weighted by atomic mass is 32.2. The van der Waals surface area contributed by atoms with Crippen molar-refractivity contribution in [1.29, 1.82) is 0 Å². The molecule has 3 heterocycles. The van der Waals surface area contributed by atoms with E-state index in [0.717, 1.165) is 21.8 Å². The van der Waals surface area contributed by atoms with Crippen molar-refractivity contribution >= 4 is 63.6 Å². The molecular formula is C28H30N4O9S2. The molecule has 3 amide bonds. The van der Waals surface area contributed by atoms with Gasteiger partial charge in [-0.2, -0.15) is 0 Å². The lowest BCUT2D eigenvalue weighted by atomic mass is 10.0. The Morgan fingerprint density at radius 2 is 1.91 bits per heavy atom. The SMILES string of the molecule is CC(C)(C)OC(=O)CC=C(C(=O)N[C@@H]1C(=O)N2C(C(=O)O)=C(CO)CS[C@H]12)c1csc(NC(=O)OCc2ccccc2)n1. The Labute approximate surface area is 254 Å². The van der Waals surface area contributed by atoms with Gasteiger partial charge in [0.2, 0.25) is 0 Å². The number of amides is 3. The van der Waals surface area contributed by atoms with Crippen LogP contribution in [0.15, 0.2) is 53.1 Å². The maximum Gasteiger partial charge on any atom is 0.413 e. The summed E-state index contributed by atoms with van der Waals surface area (Å²) >= 11 is 2.23. The minimum atomic E-state index is -1.35. The fraction of sp³-hybridized carbons (Fsp3) is 0.357. The van der Waals surface area contributed by atoms with Crippen molar-refractivity contribution in [3.63, 3.8) is 0 Å². The number of carboxylic acids is 1. The van der Waals surface area contributed by atoms with E-state index in [1.54, 1.807) is 32.9 Å². The molecule has 1 aromatic heterocycles. The van der Waals surface area contributed by atoms with Crippen LogP contribution in [-0.2, 0) is 35.3 Å². The number of fused-ring (bicyclic) bond motifs is 1. The molecule has 1 aromatic carbocycles. The van der Waals surface area contributed by atoms with Crippen LogP contribution < -0.4 is 10.6 Å². The lowest BCUT2D eigenvalue weighted by Gasteiger charge is -2.49. The summed E-state index contributed by atoms with van der Waals surface area (Å²) in [6.07, 6.45) is 0.276. The Bertz CT molecular complexity index is 1480. The number of esters is 1. The number of thiazole rings is 1. The number of aromatic nitrogens is 1. The van der Waals surface area contributed by atoms with E-state index in [2.05, 4.69) is 15.6 Å². The first-order valence-corrected chi connectivity index (χ1v) is 15.0. The van der Waals surface area contributed by atoms with Crippen LogP contribution in [0.5, 0.6) is 0 Å². The van der Waals surface area contributed by atoms with Crippen LogP contribution >= 0.6 is 23.1 Å². The monoisotopic (exact) mass is 630 g/mol. The van der Waals surface area contributed by atoms with Crippen molar-refractivity contribution in [2.24, 2.45) is 0 Å². The van der Waals surface area contributed by atoms with Crippen LogP contribution in [0.25, 0.3) is 5.57 Å². The highest BCUT2D eigenvalue weighted by Crippen LogP contribution is 2.40. The number of aliphatic carboxylic acids is 1. The number of carbonyl (C=O) groups is 5. The summed E-state index contributed by atoms with van der Waals surface area (Å²) in [6, 6.07) is 8.02. The third-order valence-electron chi connectivity index (χ3n) is 6.07. The van der Waals surface area contributed by atoms with Crippen molar-refractivity contribution in [3.8, 4) is 0 Å². The standard InChI is InChI=1S/C28H30N4O9S2/c1-28(2,3)41-19(34)10-9-17(18-14-43-26(29-18)31-27(39)40-12-15-7-5-4-6-8-15)22(35)30-20-23(36)32-21(25(37)38)16(11-33)13-42-24(20)32/h4-9,14,20,24,33H,10-13H2,1-3H3,(H,30,35)(H,37,38)(H,29,31,39)/t20-,24-/m1/s1. The van der Waals surface area contributed by atoms with Gasteiger partial charge in [0.15, 0.2) is 5.13 Å². The number of hydrogen-bond donors (Lipinski definition) is 4. The van der Waals surface area contributed by atoms with Crippen molar-refractivity contribution in [2.45, 2.75) is 50.8 Å². The summed E-state index contributed by atoms with van der Waals surface area (Å²) in [4.78, 5) is 68.2. The van der Waals surface area contributed by atoms with E-state index in [4.69, 9.17) is 9.47 Å². The molecule has 4 N–H and O–H groups in total. The largest absolute Gasteiger partial charge is 0.477 e. The van der Waals surface area contributed by atoms with Crippen LogP contribution in [0.1, 0.15) is 38.4 Å². The van der Waals surface area contributed by atoms with Gasteiger partial charge in [-0.05, 0) is 31.9 Å². The summed E-state index contributed by atoms with van der Waals surface area (Å²) in [5, 5.41) is 25.2. The van der Waals surface area contributed by atoms with Crippen LogP contribution in [0.2, 0.25) is 0 Å². The molecule has 2 aromatic rings. The molecule has 0 bridgehead atoms. The highest BCUT2D eigenvalue weighted by Gasteiger charge is 2.54. The van der Waals surface area contributed by atoms with Gasteiger partial charge in [-0.3, -0.25) is 24.6 Å². The first-order valence-electron chi connectivity index (χ1n) is 13.0. The summed E-state index contributed by atoms with van der Waals surface area (Å²) in [6.45, 7) is 4.64. The maximum atomic E-state index is 13.5. The Balaban J connectivity index is 1.49. The van der Waals surface area contributed by atoms with Gasteiger partial charge >= 0.3 is 18.0 Å². The number of carboxylic acid groups (broad SMARTS) is 1. The fourth-order valence-corrected chi connectivity index (χ4v) is 6.24. The third-order valence-corrected chi connectivity index (χ3v) is 8.16. The van der Waals surface area contributed by atoms with Crippen LogP contribution in [-0.4, -0.2) is 79.3 Å². The first-order chi connectivity index (χ1) is 20.4. The average molecular weight is 631 g/mol. The van der Waals surface area contributed by atoms with Crippen molar-refractivity contribution in [2.75, 3.05) is 17.7 Å². The highest BCUT2D eigenvalue weighted by molar-refractivity contribution is 8.00. The number of nitrogens with zero attached hydrogens (tertiary/aromatic N) is 2. The number of anilines is 1. The van der Waals surface area contributed by atoms with Crippen molar-refractivity contribution < 1.29 is 43.7 Å². The van der Waals surface area contributed by atoms with E-state index in [0.29, 0.717) is 0 Å². The molecule has 0 radical (unpaired) electrons. The summed E-state index contributed by atoms with van der Waals surface area (Å²) in [5.74, 6) is -3.17. The number of thioether (sulfide) groups is 1. The van der Waals surface area contributed by atoms with E-state index in [-0.39, 0.29) is 46.4 Å². The van der Waals surface area contributed by atoms with E-state index >= 15 is 0 Å². The lowest BCUT2D eigenvalue weighted by Crippen LogP contribution is -2.70. The molecule has 2 atom stereocenters. The van der Waals surface area contributed by atoms with E-state index < -0.39 is 53.5 Å². The van der Waals surface area contributed by atoms with Crippen LogP contribution in [0.3, 0.4) is 0 Å². The third kappa shape index (κ3) is 7.80. The zero-order valence-corrected chi connectivity index (χ0v) is 25.1. The fourth-order valence-electron chi connectivity index (χ4n) is 4.21. The predicted octanol–water partition coefficient (Wildman–Crippen LogP) is 2.74. The van der Waals surface area contributed by atoms with Crippen molar-refractivity contribution in [1.82, 2.24) is 15.2 Å². The summed E-state index contributed by atoms with van der Waals surface area (Å²) in [5.41, 5.74) is 0.0169. The van der Waals surface area contributed by atoms with E-state index in [9.17, 15) is 34.2 Å². The average Bonchev–Trinajstić information content (AvgIpc) is 3.41. The predicted molar refractivity (Wildman–Crippen MR) is 158 cm³/mol. The molecule has 1 saturated heterocycles. The number of hydrogen-bond acceptors (Lipinski definition) is 11. The number of benzene rings is 1. The molecule has 2 aliphatic rings. The van der Waals surface area contributed by atoms with Gasteiger partial charge in [0.05, 0.1) is 24.3 Å². The van der Waals surface area contributed by atoms with Gasteiger partial charge in [-0.1, -0.05) is 36.4 Å². The number of carbonyl (C=O) groups excluding carboxylic acids is 4. The molecule has 0 saturated carbocycles. The van der Waals surface area contributed by atoms with Gasteiger partial charge in [-0.15, -0.1) is 23.1 Å². The first kappa shape index (κ1) is 31.7. The molecule has 13 nitrogen and oxygen atoms in total. The number of rotatable bonds is 10. The van der Waals surface area contributed by atoms with E-state index in [1.807, 2.05) is 18.2 Å². The Morgan fingerprint density at radius 1 is 1.19 bits per heavy atom. The number of aliphatic hydroxyl groups excluding tert-OH is 1. The number of β-lactam (4-membered cyclic amide) rings is 1. The molecule has 0 aliphatic carbocycles. The maximum absolute atomic E-state index is 13.5. The Hall–Kier alpha value is -4.21. The normalized spacial score (nSPS) is 18.4. The minimum absolute atomic E-state index is 0.0402. The number of aliphatic hydroxyl groups is 1. The summed E-state index contributed by atoms with van der Waals surface area (Å²) in [7, 11) is 0. The summed E-state index contributed by atoms with van der Waals surface area (Å²) < 4.78 is 10.5. The molecule has 0 unspecified atom stereocenters. The Morgan fingerprint density at radius 3 is 2.56 bits per heavy atom. The molecule has 2 aliphatic heterocycles. The molecule has 0 spiro atoms. The molecule has 4 rings (SSSR count). The zero-order valence-electron chi connectivity index (χ0n) is 23.5. The second-order valence-electron chi connectivity index (χ2n) is 10.4. The Kier molecular flexibility index (Phi) is 9.88. The zero-order chi connectivity index (χ0) is 31.3. The topological polar surface area (TPSA) is 184 Å². The van der Waals surface area contributed by atoms with Gasteiger partial charge in [0.25, 0.3) is 11.8 Å². The van der Waals surface area contributed by atoms with Gasteiger partial charge in [0.1, 0.15) is 29.3 Å². The second-order valence-corrected chi connectivity index (χ2v) is 12.4. The molecule has 15 heteroatoms. The minimum Gasteiger partial charge on any atom is -0.477 e. The van der Waals surface area contributed by atoms with Gasteiger partial charge in [0, 0.05) is 11.1 Å². The van der Waals surface area contributed by atoms with Crippen LogP contribution in [0, 0.1) is 0 Å². The van der Waals surface area contributed by atoms with Crippen molar-refractivity contribution in [3.05, 3.63) is 64.3 Å². The number of ether oxygens (including phenoxy) is 2. The molecule has 228 valence electrons. The van der Waals surface area contributed by atoms with E-state index in [1.165, 1.54) is 23.2 Å².